The third-order valence-corrected chi connectivity index (χ3v) is 3.55. The molecule has 19 heavy (non-hydrogen) atoms. The highest BCUT2D eigenvalue weighted by Crippen LogP contribution is 2.27. The number of aromatic nitrogens is 3. The van der Waals surface area contributed by atoms with Crippen molar-refractivity contribution >= 4 is 11.3 Å². The number of rotatable bonds is 3. The van der Waals surface area contributed by atoms with Gasteiger partial charge in [0.15, 0.2) is 5.82 Å². The zero-order valence-electron chi connectivity index (χ0n) is 10.2. The van der Waals surface area contributed by atoms with Crippen LogP contribution < -0.4 is 0 Å². The van der Waals surface area contributed by atoms with Gasteiger partial charge in [-0.15, -0.1) is 11.3 Å². The zero-order chi connectivity index (χ0) is 13.2. The number of phenolic OH excluding ortho intramolecular Hbond substituents is 1. The summed E-state index contributed by atoms with van der Waals surface area (Å²) >= 11 is 1.57. The van der Waals surface area contributed by atoms with Gasteiger partial charge in [-0.05, 0) is 19.1 Å². The molecule has 6 heteroatoms. The molecule has 0 aliphatic carbocycles. The van der Waals surface area contributed by atoms with E-state index < -0.39 is 0 Å². The highest BCUT2D eigenvalue weighted by molar-refractivity contribution is 7.09. The average Bonchev–Trinajstić information content (AvgIpc) is 3.00. The van der Waals surface area contributed by atoms with E-state index in [1.165, 1.54) is 0 Å². The average molecular weight is 273 g/mol. The standard InChI is InChI=1S/C13H11N3O2S/c1-8-7-19-12(14-8)6-11-15-13(18-16-11)9-4-2-3-5-10(9)17/h2-5,7,17H,6H2,1H3. The van der Waals surface area contributed by atoms with E-state index in [0.717, 1.165) is 10.7 Å². The Bertz CT molecular complexity index is 705. The van der Waals surface area contributed by atoms with E-state index in [1.807, 2.05) is 18.4 Å². The number of nitrogens with zero attached hydrogens (tertiary/aromatic N) is 3. The number of benzene rings is 1. The lowest BCUT2D eigenvalue weighted by molar-refractivity contribution is 0.418. The smallest absolute Gasteiger partial charge is 0.261 e. The van der Waals surface area contributed by atoms with Crippen molar-refractivity contribution in [3.63, 3.8) is 0 Å². The molecule has 0 amide bonds. The zero-order valence-corrected chi connectivity index (χ0v) is 11.0. The van der Waals surface area contributed by atoms with E-state index in [4.69, 9.17) is 4.52 Å². The number of hydrogen-bond donors (Lipinski definition) is 1. The molecule has 0 saturated heterocycles. The Balaban J connectivity index is 1.86. The van der Waals surface area contributed by atoms with Crippen molar-refractivity contribution < 1.29 is 9.63 Å². The Morgan fingerprint density at radius 3 is 2.84 bits per heavy atom. The first kappa shape index (κ1) is 11.9. The van der Waals surface area contributed by atoms with Crippen molar-refractivity contribution in [3.8, 4) is 17.2 Å². The van der Waals surface area contributed by atoms with E-state index in [-0.39, 0.29) is 5.75 Å². The van der Waals surface area contributed by atoms with E-state index in [9.17, 15) is 5.11 Å². The van der Waals surface area contributed by atoms with Gasteiger partial charge in [0, 0.05) is 11.1 Å². The number of aromatic hydroxyl groups is 1. The van der Waals surface area contributed by atoms with Crippen LogP contribution in [0.25, 0.3) is 11.5 Å². The number of thiazole rings is 1. The van der Waals surface area contributed by atoms with Crippen LogP contribution in [0.15, 0.2) is 34.2 Å². The normalized spacial score (nSPS) is 10.8. The van der Waals surface area contributed by atoms with Crippen LogP contribution >= 0.6 is 11.3 Å². The fourth-order valence-corrected chi connectivity index (χ4v) is 2.48. The van der Waals surface area contributed by atoms with Gasteiger partial charge in [-0.25, -0.2) is 4.98 Å². The summed E-state index contributed by atoms with van der Waals surface area (Å²) in [5, 5.41) is 16.6. The summed E-state index contributed by atoms with van der Waals surface area (Å²) in [5.74, 6) is 1.01. The van der Waals surface area contributed by atoms with Gasteiger partial charge in [-0.1, -0.05) is 17.3 Å². The van der Waals surface area contributed by atoms with Crippen molar-refractivity contribution in [3.05, 3.63) is 46.2 Å². The van der Waals surface area contributed by atoms with Gasteiger partial charge in [0.05, 0.1) is 12.0 Å². The molecule has 0 aliphatic rings. The Hall–Kier alpha value is -2.21. The fourth-order valence-electron chi connectivity index (χ4n) is 1.71. The van der Waals surface area contributed by atoms with Gasteiger partial charge >= 0.3 is 0 Å². The van der Waals surface area contributed by atoms with Gasteiger partial charge in [-0.2, -0.15) is 4.98 Å². The van der Waals surface area contributed by atoms with Crippen molar-refractivity contribution in [1.29, 1.82) is 0 Å². The minimum Gasteiger partial charge on any atom is -0.507 e. The summed E-state index contributed by atoms with van der Waals surface area (Å²) in [5.41, 5.74) is 1.53. The summed E-state index contributed by atoms with van der Waals surface area (Å²) in [6.45, 7) is 1.95. The maximum atomic E-state index is 9.73. The third-order valence-electron chi connectivity index (χ3n) is 2.58. The predicted octanol–water partition coefficient (Wildman–Crippen LogP) is 2.80. The van der Waals surface area contributed by atoms with Crippen molar-refractivity contribution in [2.45, 2.75) is 13.3 Å². The van der Waals surface area contributed by atoms with Gasteiger partial charge in [-0.3, -0.25) is 0 Å². The fraction of sp³-hybridized carbons (Fsp3) is 0.154. The van der Waals surface area contributed by atoms with E-state index in [2.05, 4.69) is 15.1 Å². The monoisotopic (exact) mass is 273 g/mol. The first-order valence-corrected chi connectivity index (χ1v) is 6.62. The predicted molar refractivity (Wildman–Crippen MR) is 71.1 cm³/mol. The second-order valence-corrected chi connectivity index (χ2v) is 5.03. The molecular formula is C13H11N3O2S. The van der Waals surface area contributed by atoms with Crippen LogP contribution in [0.4, 0.5) is 0 Å². The molecule has 0 saturated carbocycles. The Morgan fingerprint density at radius 2 is 2.11 bits per heavy atom. The van der Waals surface area contributed by atoms with Gasteiger partial charge < -0.3 is 9.63 Å². The molecule has 0 radical (unpaired) electrons. The Labute approximate surface area is 113 Å². The summed E-state index contributed by atoms with van der Waals surface area (Å²) < 4.78 is 5.17. The second-order valence-electron chi connectivity index (χ2n) is 4.09. The molecule has 0 aliphatic heterocycles. The van der Waals surface area contributed by atoms with Gasteiger partial charge in [0.2, 0.25) is 0 Å². The summed E-state index contributed by atoms with van der Waals surface area (Å²) in [7, 11) is 0. The molecule has 3 rings (SSSR count). The number of aryl methyl sites for hydroxylation is 1. The molecule has 2 heterocycles. The largest absolute Gasteiger partial charge is 0.507 e. The maximum absolute atomic E-state index is 9.73. The SMILES string of the molecule is Cc1csc(Cc2noc(-c3ccccc3O)n2)n1. The summed E-state index contributed by atoms with van der Waals surface area (Å²) in [6, 6.07) is 6.88. The molecule has 0 unspecified atom stereocenters. The molecule has 0 bridgehead atoms. The Morgan fingerprint density at radius 1 is 1.26 bits per heavy atom. The lowest BCUT2D eigenvalue weighted by atomic mass is 10.2. The number of hydrogen-bond acceptors (Lipinski definition) is 6. The number of para-hydroxylation sites is 1. The van der Waals surface area contributed by atoms with Crippen LogP contribution in [0.2, 0.25) is 0 Å². The highest BCUT2D eigenvalue weighted by Gasteiger charge is 2.13. The van der Waals surface area contributed by atoms with Crippen LogP contribution in [-0.2, 0) is 6.42 Å². The molecule has 3 aromatic rings. The minimum atomic E-state index is 0.128. The highest BCUT2D eigenvalue weighted by atomic mass is 32.1. The molecule has 1 aromatic carbocycles. The first-order valence-electron chi connectivity index (χ1n) is 5.74. The topological polar surface area (TPSA) is 72.0 Å². The molecular weight excluding hydrogens is 262 g/mol. The van der Waals surface area contributed by atoms with E-state index in [1.54, 1.807) is 29.5 Å². The van der Waals surface area contributed by atoms with Crippen LogP contribution in [0.5, 0.6) is 5.75 Å². The lowest BCUT2D eigenvalue weighted by Crippen LogP contribution is -1.90. The molecule has 2 aromatic heterocycles. The van der Waals surface area contributed by atoms with Gasteiger partial charge in [0.1, 0.15) is 10.8 Å². The van der Waals surface area contributed by atoms with E-state index in [0.29, 0.717) is 23.7 Å². The van der Waals surface area contributed by atoms with Crippen molar-refractivity contribution in [2.24, 2.45) is 0 Å². The van der Waals surface area contributed by atoms with Crippen molar-refractivity contribution in [1.82, 2.24) is 15.1 Å². The molecule has 5 nitrogen and oxygen atoms in total. The molecule has 0 atom stereocenters. The van der Waals surface area contributed by atoms with Crippen molar-refractivity contribution in [2.75, 3.05) is 0 Å². The summed E-state index contributed by atoms with van der Waals surface area (Å²) in [4.78, 5) is 8.63. The maximum Gasteiger partial charge on any atom is 0.261 e. The van der Waals surface area contributed by atoms with Gasteiger partial charge in [0.25, 0.3) is 5.89 Å². The molecule has 1 N–H and O–H groups in total. The second kappa shape index (κ2) is 4.81. The summed E-state index contributed by atoms with van der Waals surface area (Å²) in [6.07, 6.45) is 0.537. The molecule has 0 fully saturated rings. The molecule has 0 spiro atoms. The van der Waals surface area contributed by atoms with Crippen LogP contribution in [0, 0.1) is 6.92 Å². The minimum absolute atomic E-state index is 0.128. The quantitative estimate of drug-likeness (QED) is 0.794. The van der Waals surface area contributed by atoms with Crippen LogP contribution in [-0.4, -0.2) is 20.2 Å². The number of phenols is 1. The Kier molecular flexibility index (Phi) is 3.00. The lowest BCUT2D eigenvalue weighted by Gasteiger charge is -1.96. The van der Waals surface area contributed by atoms with Crippen LogP contribution in [0.3, 0.4) is 0 Å². The first-order chi connectivity index (χ1) is 9.22. The van der Waals surface area contributed by atoms with E-state index >= 15 is 0 Å². The van der Waals surface area contributed by atoms with Crippen LogP contribution in [0.1, 0.15) is 16.5 Å². The third kappa shape index (κ3) is 2.48. The molecule has 96 valence electrons.